The van der Waals surface area contributed by atoms with Crippen LogP contribution in [0.4, 0.5) is 22.0 Å². The number of rotatable bonds is 12. The molecule has 2 aliphatic carbocycles. The first-order chi connectivity index (χ1) is 16.9. The van der Waals surface area contributed by atoms with E-state index in [1.165, 1.54) is 38.5 Å². The van der Waals surface area contributed by atoms with E-state index >= 15 is 0 Å². The monoisotopic (exact) mass is 520 g/mol. The van der Waals surface area contributed by atoms with Gasteiger partial charge in [-0.05, 0) is 43.4 Å². The lowest BCUT2D eigenvalue weighted by atomic mass is 9.61. The van der Waals surface area contributed by atoms with Gasteiger partial charge in [0, 0.05) is 24.1 Å². The van der Waals surface area contributed by atoms with Gasteiger partial charge < -0.3 is 10.5 Å². The van der Waals surface area contributed by atoms with Gasteiger partial charge >= 0.3 is 12.1 Å². The number of amidine groups is 1. The molecule has 2 fully saturated rings. The molecule has 3 rings (SSSR count). The number of carbonyl (C=O) groups is 2. The summed E-state index contributed by atoms with van der Waals surface area (Å²) in [6.45, 7) is 2.71. The van der Waals surface area contributed by atoms with Crippen molar-refractivity contribution in [3.63, 3.8) is 0 Å². The Morgan fingerprint density at radius 2 is 1.67 bits per heavy atom. The fraction of sp³-hybridized carbons (Fsp3) is 0.808. The van der Waals surface area contributed by atoms with Crippen molar-refractivity contribution in [2.75, 3.05) is 0 Å². The molecule has 3 aliphatic rings. The maximum atomic E-state index is 13.7. The van der Waals surface area contributed by atoms with Gasteiger partial charge in [0.1, 0.15) is 5.84 Å². The number of Topliss-reactive ketones (excluding diaryl/α,β-unsaturated/α-hetero) is 1. The normalized spacial score (nSPS) is 22.8. The van der Waals surface area contributed by atoms with Crippen LogP contribution in [0.25, 0.3) is 0 Å². The summed E-state index contributed by atoms with van der Waals surface area (Å²) in [6, 6.07) is 0. The highest BCUT2D eigenvalue weighted by atomic mass is 19.4. The topological polar surface area (TPSA) is 81.8 Å². The van der Waals surface area contributed by atoms with Crippen LogP contribution in [0.2, 0.25) is 0 Å². The second-order valence-corrected chi connectivity index (χ2v) is 10.4. The van der Waals surface area contributed by atoms with E-state index in [9.17, 15) is 31.5 Å². The number of alkyl halides is 5. The largest absolute Gasteiger partial charge is 0.446 e. The molecule has 204 valence electrons. The fourth-order valence-corrected chi connectivity index (χ4v) is 5.53. The number of nitrogens with two attached hydrogens (primary N) is 1. The van der Waals surface area contributed by atoms with Gasteiger partial charge in [0.05, 0.1) is 5.92 Å². The van der Waals surface area contributed by atoms with Crippen LogP contribution in [-0.4, -0.2) is 35.8 Å². The molecule has 2 atom stereocenters. The van der Waals surface area contributed by atoms with E-state index in [1.807, 2.05) is 6.92 Å². The van der Waals surface area contributed by atoms with Crippen LogP contribution in [0.3, 0.4) is 0 Å². The van der Waals surface area contributed by atoms with Crippen LogP contribution in [0, 0.1) is 23.7 Å². The summed E-state index contributed by atoms with van der Waals surface area (Å²) >= 11 is 0. The predicted octanol–water partition coefficient (Wildman–Crippen LogP) is 6.50. The van der Waals surface area contributed by atoms with Crippen molar-refractivity contribution in [2.45, 2.75) is 109 Å². The molecule has 0 amide bonds. The van der Waals surface area contributed by atoms with Crippen LogP contribution in [0.1, 0.15) is 90.9 Å². The quantitative estimate of drug-likeness (QED) is 0.235. The Bertz CT molecular complexity index is 861. The summed E-state index contributed by atoms with van der Waals surface area (Å²) in [4.78, 5) is 30.0. The number of aliphatic imine (C=N–C) groups is 1. The average molecular weight is 521 g/mol. The van der Waals surface area contributed by atoms with Crippen LogP contribution in [0.5, 0.6) is 0 Å². The third kappa shape index (κ3) is 6.46. The second-order valence-electron chi connectivity index (χ2n) is 10.4. The number of hydrogen-bond donors (Lipinski definition) is 1. The SMILES string of the molecule is CCC1=C(CCCC(=O)OC(C(F)(F)F)C(F)(F)CC)C(=O)C(CC(C2CCC2)C2CCC2)C(N)=N1. The van der Waals surface area contributed by atoms with Crippen LogP contribution >= 0.6 is 0 Å². The first-order valence-corrected chi connectivity index (χ1v) is 13.1. The van der Waals surface area contributed by atoms with Gasteiger partial charge in [0.15, 0.2) is 5.78 Å². The molecule has 0 radical (unpaired) electrons. The van der Waals surface area contributed by atoms with Gasteiger partial charge in [0.25, 0.3) is 12.0 Å². The molecule has 0 saturated heterocycles. The Kier molecular flexibility index (Phi) is 9.20. The zero-order valence-corrected chi connectivity index (χ0v) is 21.0. The number of hydrogen-bond acceptors (Lipinski definition) is 5. The van der Waals surface area contributed by atoms with E-state index in [2.05, 4.69) is 9.73 Å². The fourth-order valence-electron chi connectivity index (χ4n) is 5.53. The first-order valence-electron chi connectivity index (χ1n) is 13.1. The molecule has 0 bridgehead atoms. The molecular weight excluding hydrogens is 483 g/mol. The lowest BCUT2D eigenvalue weighted by Crippen LogP contribution is -2.47. The maximum absolute atomic E-state index is 13.7. The zero-order chi connectivity index (χ0) is 26.7. The van der Waals surface area contributed by atoms with Crippen LogP contribution in [0.15, 0.2) is 16.3 Å². The van der Waals surface area contributed by atoms with E-state index in [-0.39, 0.29) is 18.6 Å². The standard InChI is InChI=1S/C26H37F5N2O3/c1-3-20-17(12-7-13-21(34)36-24(26(29,30)31)25(27,28)4-2)22(35)19(23(32)33-20)14-18(15-8-5-9-15)16-10-6-11-16/h15-16,18-19,24H,3-14H2,1-2H3,(H2,32,33). The van der Waals surface area contributed by atoms with Crippen LogP contribution in [-0.2, 0) is 14.3 Å². The van der Waals surface area contributed by atoms with Gasteiger partial charge in [-0.2, -0.15) is 13.2 Å². The molecule has 1 heterocycles. The van der Waals surface area contributed by atoms with Gasteiger partial charge in [0.2, 0.25) is 0 Å². The predicted molar refractivity (Wildman–Crippen MR) is 125 cm³/mol. The van der Waals surface area contributed by atoms with Gasteiger partial charge in [-0.15, -0.1) is 0 Å². The highest BCUT2D eigenvalue weighted by Gasteiger charge is 2.57. The minimum atomic E-state index is -5.39. The molecule has 2 unspecified atom stereocenters. The Morgan fingerprint density at radius 3 is 2.11 bits per heavy atom. The molecule has 0 spiro atoms. The van der Waals surface area contributed by atoms with E-state index < -0.39 is 42.9 Å². The highest BCUT2D eigenvalue weighted by molar-refractivity contribution is 6.13. The lowest BCUT2D eigenvalue weighted by Gasteiger charge is -2.44. The Morgan fingerprint density at radius 1 is 1.08 bits per heavy atom. The summed E-state index contributed by atoms with van der Waals surface area (Å²) in [7, 11) is 0. The maximum Gasteiger partial charge on any atom is 0.431 e. The van der Waals surface area contributed by atoms with E-state index in [0.29, 0.717) is 47.7 Å². The van der Waals surface area contributed by atoms with Gasteiger partial charge in [-0.1, -0.05) is 52.4 Å². The number of nitrogens with zero attached hydrogens (tertiary/aromatic N) is 1. The minimum Gasteiger partial charge on any atom is -0.446 e. The van der Waals surface area contributed by atoms with Crippen molar-refractivity contribution < 1.29 is 36.3 Å². The Hall–Kier alpha value is -2.00. The number of ether oxygens (including phenoxy) is 1. The minimum absolute atomic E-state index is 0.0114. The molecule has 10 heteroatoms. The zero-order valence-electron chi connectivity index (χ0n) is 21.0. The molecule has 36 heavy (non-hydrogen) atoms. The van der Waals surface area contributed by atoms with Gasteiger partial charge in [-0.25, -0.2) is 13.8 Å². The molecule has 5 nitrogen and oxygen atoms in total. The summed E-state index contributed by atoms with van der Waals surface area (Å²) in [5.41, 5.74) is 7.17. The third-order valence-corrected chi connectivity index (χ3v) is 8.15. The number of halogens is 5. The number of allylic oxidation sites excluding steroid dienone is 2. The molecule has 0 aromatic rings. The number of ketones is 1. The lowest BCUT2D eigenvalue weighted by molar-refractivity contribution is -0.278. The number of esters is 1. The van der Waals surface area contributed by atoms with Crippen molar-refractivity contribution in [2.24, 2.45) is 34.4 Å². The van der Waals surface area contributed by atoms with E-state index in [4.69, 9.17) is 5.73 Å². The Labute approximate surface area is 209 Å². The first kappa shape index (κ1) is 28.6. The van der Waals surface area contributed by atoms with Crippen molar-refractivity contribution >= 4 is 17.6 Å². The second kappa shape index (κ2) is 11.6. The summed E-state index contributed by atoms with van der Waals surface area (Å²) < 4.78 is 70.7. The highest BCUT2D eigenvalue weighted by Crippen LogP contribution is 2.48. The summed E-state index contributed by atoms with van der Waals surface area (Å²) in [5, 5.41) is 0. The van der Waals surface area contributed by atoms with Crippen molar-refractivity contribution in [1.29, 1.82) is 0 Å². The molecule has 0 aromatic carbocycles. The van der Waals surface area contributed by atoms with Crippen molar-refractivity contribution in [3.05, 3.63) is 11.3 Å². The van der Waals surface area contributed by atoms with Gasteiger partial charge in [-0.3, -0.25) is 9.59 Å². The molecule has 0 aromatic heterocycles. The smallest absolute Gasteiger partial charge is 0.431 e. The molecule has 2 N–H and O–H groups in total. The molecule has 1 aliphatic heterocycles. The molecular formula is C26H37F5N2O3. The van der Waals surface area contributed by atoms with E-state index in [0.717, 1.165) is 6.92 Å². The van der Waals surface area contributed by atoms with Crippen molar-refractivity contribution in [1.82, 2.24) is 0 Å². The van der Waals surface area contributed by atoms with Crippen LogP contribution < -0.4 is 5.73 Å². The molecule has 2 saturated carbocycles. The van der Waals surface area contributed by atoms with Crippen molar-refractivity contribution in [3.8, 4) is 0 Å². The summed E-state index contributed by atoms with van der Waals surface area (Å²) in [5.74, 6) is -4.33. The third-order valence-electron chi connectivity index (χ3n) is 8.15. The summed E-state index contributed by atoms with van der Waals surface area (Å²) in [6.07, 6.45) is -2.26. The average Bonchev–Trinajstić information content (AvgIpc) is 2.72. The number of carbonyl (C=O) groups excluding carboxylic acids is 2. The van der Waals surface area contributed by atoms with E-state index in [1.54, 1.807) is 0 Å². The Balaban J connectivity index is 1.63.